The predicted molar refractivity (Wildman–Crippen MR) is 88.7 cm³/mol. The Labute approximate surface area is 137 Å². The maximum Gasteiger partial charge on any atom is 0.251 e. The van der Waals surface area contributed by atoms with Gasteiger partial charge in [-0.1, -0.05) is 47.4 Å². The van der Waals surface area contributed by atoms with Crippen LogP contribution in [0.25, 0.3) is 0 Å². The molecule has 1 aliphatic rings. The highest BCUT2D eigenvalue weighted by atomic mass is 79.9. The zero-order chi connectivity index (χ0) is 15.4. The van der Waals surface area contributed by atoms with Gasteiger partial charge < -0.3 is 11.1 Å². The van der Waals surface area contributed by atoms with Crippen molar-refractivity contribution in [2.45, 2.75) is 38.1 Å². The Hall–Kier alpha value is -1.01. The third kappa shape index (κ3) is 4.48. The molecule has 0 heterocycles. The number of hydrogen-bond donors (Lipinski definition) is 2. The topological polar surface area (TPSA) is 55.1 Å². The molecule has 1 aromatic carbocycles. The van der Waals surface area contributed by atoms with Crippen molar-refractivity contribution in [3.05, 3.63) is 34.1 Å². The number of nitrogens with one attached hydrogen (secondary N) is 1. The van der Waals surface area contributed by atoms with E-state index >= 15 is 0 Å². The second kappa shape index (κ2) is 7.31. The summed E-state index contributed by atoms with van der Waals surface area (Å²) in [7, 11) is 0. The first-order valence-corrected chi connectivity index (χ1v) is 8.24. The normalized spacial score (nSPS) is 17.2. The minimum atomic E-state index is -0.459. The van der Waals surface area contributed by atoms with Gasteiger partial charge in [-0.2, -0.15) is 0 Å². The molecule has 0 aromatic heterocycles. The van der Waals surface area contributed by atoms with Crippen LogP contribution in [0, 0.1) is 11.7 Å². The van der Waals surface area contributed by atoms with Crippen LogP contribution in [0.1, 0.15) is 42.5 Å². The number of rotatable bonds is 4. The van der Waals surface area contributed by atoms with Crippen molar-refractivity contribution < 1.29 is 9.18 Å². The van der Waals surface area contributed by atoms with Crippen molar-refractivity contribution in [1.29, 1.82) is 0 Å². The van der Waals surface area contributed by atoms with Gasteiger partial charge in [-0.15, -0.1) is 0 Å². The SMILES string of the molecule is NC(=S)C(NC(=O)c1cc(F)cc(Br)c1)C1CCCCC1. The molecule has 1 aliphatic carbocycles. The summed E-state index contributed by atoms with van der Waals surface area (Å²) in [6.45, 7) is 0. The van der Waals surface area contributed by atoms with Gasteiger partial charge in [0, 0.05) is 10.0 Å². The molecule has 6 heteroatoms. The summed E-state index contributed by atoms with van der Waals surface area (Å²) >= 11 is 8.28. The van der Waals surface area contributed by atoms with Crippen molar-refractivity contribution in [2.75, 3.05) is 0 Å². The Bertz CT molecular complexity index is 526. The second-order valence-corrected chi connectivity index (χ2v) is 6.80. The maximum absolute atomic E-state index is 13.4. The van der Waals surface area contributed by atoms with Crippen LogP contribution in [0.2, 0.25) is 0 Å². The molecule has 114 valence electrons. The van der Waals surface area contributed by atoms with Gasteiger partial charge in [-0.05, 0) is 37.0 Å². The standard InChI is InChI=1S/C15H18BrFN2OS/c16-11-6-10(7-12(17)8-11)15(20)19-13(14(18)21)9-4-2-1-3-5-9/h6-9,13H,1-5H2,(H2,18,21)(H,19,20). The molecule has 0 bridgehead atoms. The molecular weight excluding hydrogens is 355 g/mol. The first-order valence-electron chi connectivity index (χ1n) is 7.03. The molecule has 1 amide bonds. The summed E-state index contributed by atoms with van der Waals surface area (Å²) in [4.78, 5) is 12.6. The Morgan fingerprint density at radius 3 is 2.57 bits per heavy atom. The molecule has 2 rings (SSSR count). The fraction of sp³-hybridized carbons (Fsp3) is 0.467. The van der Waals surface area contributed by atoms with Crippen molar-refractivity contribution in [1.82, 2.24) is 5.32 Å². The van der Waals surface area contributed by atoms with E-state index < -0.39 is 5.82 Å². The number of amides is 1. The number of benzene rings is 1. The lowest BCUT2D eigenvalue weighted by molar-refractivity contribution is 0.0931. The van der Waals surface area contributed by atoms with Crippen molar-refractivity contribution >= 4 is 39.0 Å². The number of halogens is 2. The van der Waals surface area contributed by atoms with Gasteiger partial charge in [-0.25, -0.2) is 4.39 Å². The zero-order valence-corrected chi connectivity index (χ0v) is 14.0. The average Bonchev–Trinajstić information content (AvgIpc) is 2.44. The van der Waals surface area contributed by atoms with Crippen LogP contribution >= 0.6 is 28.1 Å². The summed E-state index contributed by atoms with van der Waals surface area (Å²) < 4.78 is 13.9. The van der Waals surface area contributed by atoms with Gasteiger partial charge >= 0.3 is 0 Å². The smallest absolute Gasteiger partial charge is 0.251 e. The van der Waals surface area contributed by atoms with E-state index in [0.29, 0.717) is 9.46 Å². The first-order chi connectivity index (χ1) is 9.97. The second-order valence-electron chi connectivity index (χ2n) is 5.41. The monoisotopic (exact) mass is 372 g/mol. The van der Waals surface area contributed by atoms with Gasteiger partial charge in [0.05, 0.1) is 11.0 Å². The molecule has 1 atom stereocenters. The lowest BCUT2D eigenvalue weighted by Gasteiger charge is -2.30. The molecule has 1 saturated carbocycles. The molecule has 0 aliphatic heterocycles. The fourth-order valence-electron chi connectivity index (χ4n) is 2.80. The van der Waals surface area contributed by atoms with E-state index in [2.05, 4.69) is 21.2 Å². The van der Waals surface area contributed by atoms with E-state index in [0.717, 1.165) is 25.7 Å². The molecule has 3 N–H and O–H groups in total. The average molecular weight is 373 g/mol. The van der Waals surface area contributed by atoms with Crippen molar-refractivity contribution in [2.24, 2.45) is 11.7 Å². The lowest BCUT2D eigenvalue weighted by Crippen LogP contribution is -2.48. The van der Waals surface area contributed by atoms with E-state index in [-0.39, 0.29) is 23.4 Å². The molecule has 1 aromatic rings. The number of carbonyl (C=O) groups is 1. The van der Waals surface area contributed by atoms with E-state index in [1.165, 1.54) is 18.6 Å². The number of hydrogen-bond acceptors (Lipinski definition) is 2. The van der Waals surface area contributed by atoms with Crippen molar-refractivity contribution in [3.63, 3.8) is 0 Å². The summed E-state index contributed by atoms with van der Waals surface area (Å²) in [5.41, 5.74) is 6.05. The molecule has 21 heavy (non-hydrogen) atoms. The van der Waals surface area contributed by atoms with E-state index in [4.69, 9.17) is 18.0 Å². The Morgan fingerprint density at radius 1 is 1.33 bits per heavy atom. The molecule has 0 radical (unpaired) electrons. The van der Waals surface area contributed by atoms with E-state index in [1.54, 1.807) is 6.07 Å². The van der Waals surface area contributed by atoms with Crippen LogP contribution in [0.4, 0.5) is 4.39 Å². The Balaban J connectivity index is 2.12. The van der Waals surface area contributed by atoms with Gasteiger partial charge in [0.15, 0.2) is 0 Å². The number of thiocarbonyl (C=S) groups is 1. The highest BCUT2D eigenvalue weighted by molar-refractivity contribution is 9.10. The van der Waals surface area contributed by atoms with Crippen LogP contribution < -0.4 is 11.1 Å². The zero-order valence-electron chi connectivity index (χ0n) is 11.6. The highest BCUT2D eigenvalue weighted by Gasteiger charge is 2.27. The van der Waals surface area contributed by atoms with Crippen LogP contribution in [0.15, 0.2) is 22.7 Å². The summed E-state index contributed by atoms with van der Waals surface area (Å²) in [5.74, 6) is -0.533. The first kappa shape index (κ1) is 16.4. The minimum Gasteiger partial charge on any atom is -0.392 e. The van der Waals surface area contributed by atoms with Crippen LogP contribution in [-0.2, 0) is 0 Å². The number of nitrogens with two attached hydrogens (primary N) is 1. The van der Waals surface area contributed by atoms with Gasteiger partial charge in [-0.3, -0.25) is 4.79 Å². The third-order valence-corrected chi connectivity index (χ3v) is 4.55. The van der Waals surface area contributed by atoms with Crippen LogP contribution in [0.5, 0.6) is 0 Å². The number of carbonyl (C=O) groups excluding carboxylic acids is 1. The summed E-state index contributed by atoms with van der Waals surface area (Å²) in [5, 5.41) is 2.86. The molecule has 1 unspecified atom stereocenters. The van der Waals surface area contributed by atoms with Crippen LogP contribution in [-0.4, -0.2) is 16.9 Å². The van der Waals surface area contributed by atoms with Crippen molar-refractivity contribution in [3.8, 4) is 0 Å². The summed E-state index contributed by atoms with van der Waals surface area (Å²) in [6.07, 6.45) is 5.49. The lowest BCUT2D eigenvalue weighted by atomic mass is 9.83. The highest BCUT2D eigenvalue weighted by Crippen LogP contribution is 2.27. The quantitative estimate of drug-likeness (QED) is 0.794. The van der Waals surface area contributed by atoms with Gasteiger partial charge in [0.25, 0.3) is 5.91 Å². The Morgan fingerprint density at radius 2 is 2.00 bits per heavy atom. The van der Waals surface area contributed by atoms with E-state index in [9.17, 15) is 9.18 Å². The van der Waals surface area contributed by atoms with Gasteiger partial charge in [0.2, 0.25) is 0 Å². The largest absolute Gasteiger partial charge is 0.392 e. The predicted octanol–water partition coefficient (Wildman–Crippen LogP) is 3.55. The molecular formula is C15H18BrFN2OS. The fourth-order valence-corrected chi connectivity index (χ4v) is 3.51. The molecule has 0 spiro atoms. The van der Waals surface area contributed by atoms with E-state index in [1.807, 2.05) is 0 Å². The molecule has 1 fully saturated rings. The molecule has 0 saturated heterocycles. The third-order valence-electron chi connectivity index (χ3n) is 3.84. The van der Waals surface area contributed by atoms with Crippen LogP contribution in [0.3, 0.4) is 0 Å². The maximum atomic E-state index is 13.4. The Kier molecular flexibility index (Phi) is 5.70. The molecule has 3 nitrogen and oxygen atoms in total. The minimum absolute atomic E-state index is 0.263. The summed E-state index contributed by atoms with van der Waals surface area (Å²) in [6, 6.07) is 3.77. The van der Waals surface area contributed by atoms with Gasteiger partial charge in [0.1, 0.15) is 5.82 Å².